The third-order valence-electron chi connectivity index (χ3n) is 3.32. The molecule has 0 radical (unpaired) electrons. The Bertz CT molecular complexity index is 560. The Morgan fingerprint density at radius 3 is 3.06 bits per heavy atom. The molecule has 18 heavy (non-hydrogen) atoms. The summed E-state index contributed by atoms with van der Waals surface area (Å²) in [5.41, 5.74) is 10.3. The molecule has 0 spiro atoms. The molecule has 0 atom stereocenters. The van der Waals surface area contributed by atoms with Crippen LogP contribution in [0.15, 0.2) is 24.4 Å². The van der Waals surface area contributed by atoms with Crippen LogP contribution >= 0.6 is 0 Å². The molecule has 0 saturated carbocycles. The number of aryl methyl sites for hydroxylation is 2. The fraction of sp³-hybridized carbons (Fsp3) is 0.385. The number of hydrogen-bond acceptors (Lipinski definition) is 4. The smallest absolute Gasteiger partial charge is 0.102 e. The van der Waals surface area contributed by atoms with E-state index in [2.05, 4.69) is 27.3 Å². The van der Waals surface area contributed by atoms with E-state index in [0.29, 0.717) is 0 Å². The van der Waals surface area contributed by atoms with Crippen molar-refractivity contribution in [3.8, 4) is 0 Å². The van der Waals surface area contributed by atoms with Gasteiger partial charge in [-0.05, 0) is 36.6 Å². The molecule has 0 bridgehead atoms. The quantitative estimate of drug-likeness (QED) is 0.809. The van der Waals surface area contributed by atoms with Gasteiger partial charge in [-0.3, -0.25) is 4.68 Å². The molecular weight excluding hydrogens is 226 g/mol. The largest absolute Gasteiger partial charge is 0.399 e. The predicted molar refractivity (Wildman–Crippen MR) is 71.2 cm³/mol. The first-order valence-electron chi connectivity index (χ1n) is 6.21. The van der Waals surface area contributed by atoms with Crippen LogP contribution in [0.3, 0.4) is 0 Å². The molecule has 2 aromatic rings. The number of rotatable bonds is 2. The van der Waals surface area contributed by atoms with Gasteiger partial charge in [0.15, 0.2) is 0 Å². The fourth-order valence-electron chi connectivity index (χ4n) is 2.52. The Hall–Kier alpha value is -2.04. The number of nitrogen functional groups attached to an aromatic ring is 1. The molecule has 2 heterocycles. The topological polar surface area (TPSA) is 60.0 Å². The first-order chi connectivity index (χ1) is 8.72. The van der Waals surface area contributed by atoms with E-state index in [9.17, 15) is 0 Å². The molecule has 5 nitrogen and oxygen atoms in total. The number of aromatic nitrogens is 3. The number of fused-ring (bicyclic) bond motifs is 1. The van der Waals surface area contributed by atoms with Crippen LogP contribution in [-0.4, -0.2) is 21.5 Å². The molecule has 2 N–H and O–H groups in total. The first kappa shape index (κ1) is 11.1. The summed E-state index contributed by atoms with van der Waals surface area (Å²) < 4.78 is 1.74. The third kappa shape index (κ3) is 2.03. The number of nitrogens with two attached hydrogens (primary N) is 1. The maximum atomic E-state index is 5.84. The van der Waals surface area contributed by atoms with Crippen LogP contribution in [0, 0.1) is 0 Å². The summed E-state index contributed by atoms with van der Waals surface area (Å²) in [6.45, 7) is 1.87. The maximum absolute atomic E-state index is 5.84. The standard InChI is InChI=1S/C13H17N5/c1-17-8-12(15-16-17)9-18-6-2-3-10-7-11(14)4-5-13(10)18/h4-5,7-8H,2-3,6,9,14H2,1H3. The minimum Gasteiger partial charge on any atom is -0.399 e. The lowest BCUT2D eigenvalue weighted by Gasteiger charge is -2.30. The Kier molecular flexibility index (Phi) is 2.66. The zero-order valence-electron chi connectivity index (χ0n) is 10.5. The summed E-state index contributed by atoms with van der Waals surface area (Å²) in [4.78, 5) is 2.35. The molecule has 0 fully saturated rings. The summed E-state index contributed by atoms with van der Waals surface area (Å²) in [5.74, 6) is 0. The van der Waals surface area contributed by atoms with Gasteiger partial charge < -0.3 is 10.6 Å². The van der Waals surface area contributed by atoms with Gasteiger partial charge in [-0.2, -0.15) is 0 Å². The summed E-state index contributed by atoms with van der Waals surface area (Å²) in [7, 11) is 1.89. The van der Waals surface area contributed by atoms with Crippen molar-refractivity contribution >= 4 is 11.4 Å². The summed E-state index contributed by atoms with van der Waals surface area (Å²) >= 11 is 0. The van der Waals surface area contributed by atoms with Gasteiger partial charge in [0.1, 0.15) is 5.69 Å². The minimum atomic E-state index is 0.810. The average Bonchev–Trinajstić information content (AvgIpc) is 2.75. The summed E-state index contributed by atoms with van der Waals surface area (Å²) in [6.07, 6.45) is 4.24. The van der Waals surface area contributed by atoms with Crippen molar-refractivity contribution < 1.29 is 0 Å². The monoisotopic (exact) mass is 243 g/mol. The van der Waals surface area contributed by atoms with Crippen molar-refractivity contribution in [2.45, 2.75) is 19.4 Å². The van der Waals surface area contributed by atoms with Gasteiger partial charge in [-0.1, -0.05) is 5.21 Å². The second-order valence-electron chi connectivity index (χ2n) is 4.80. The molecule has 1 aliphatic rings. The normalized spacial score (nSPS) is 14.6. The van der Waals surface area contributed by atoms with Gasteiger partial charge in [0.25, 0.3) is 0 Å². The molecule has 1 aromatic carbocycles. The highest BCUT2D eigenvalue weighted by Crippen LogP contribution is 2.29. The van der Waals surface area contributed by atoms with Crippen LogP contribution in [0.5, 0.6) is 0 Å². The van der Waals surface area contributed by atoms with Crippen LogP contribution < -0.4 is 10.6 Å². The highest BCUT2D eigenvalue weighted by molar-refractivity contribution is 5.61. The number of anilines is 2. The van der Waals surface area contributed by atoms with Crippen LogP contribution in [0.4, 0.5) is 11.4 Å². The van der Waals surface area contributed by atoms with Crippen LogP contribution in [-0.2, 0) is 20.0 Å². The summed E-state index contributed by atoms with van der Waals surface area (Å²) in [5, 5.41) is 8.12. The lowest BCUT2D eigenvalue weighted by molar-refractivity contribution is 0.680. The van der Waals surface area contributed by atoms with E-state index in [1.54, 1.807) is 4.68 Å². The van der Waals surface area contributed by atoms with Gasteiger partial charge in [0.2, 0.25) is 0 Å². The Morgan fingerprint density at radius 1 is 1.39 bits per heavy atom. The van der Waals surface area contributed by atoms with Gasteiger partial charge in [0, 0.05) is 31.2 Å². The highest BCUT2D eigenvalue weighted by Gasteiger charge is 2.17. The maximum Gasteiger partial charge on any atom is 0.102 e. The third-order valence-corrected chi connectivity index (χ3v) is 3.32. The van der Waals surface area contributed by atoms with E-state index in [1.807, 2.05) is 19.3 Å². The number of benzene rings is 1. The summed E-state index contributed by atoms with van der Waals surface area (Å²) in [6, 6.07) is 6.16. The van der Waals surface area contributed by atoms with E-state index in [1.165, 1.54) is 11.3 Å². The van der Waals surface area contributed by atoms with Crippen molar-refractivity contribution in [2.75, 3.05) is 17.2 Å². The molecule has 1 aromatic heterocycles. The average molecular weight is 243 g/mol. The molecule has 5 heteroatoms. The lowest BCUT2D eigenvalue weighted by atomic mass is 10.0. The van der Waals surface area contributed by atoms with Crippen LogP contribution in [0.25, 0.3) is 0 Å². The SMILES string of the molecule is Cn1cc(CN2CCCc3cc(N)ccc32)nn1. The van der Waals surface area contributed by atoms with E-state index in [-0.39, 0.29) is 0 Å². The van der Waals surface area contributed by atoms with Gasteiger partial charge >= 0.3 is 0 Å². The van der Waals surface area contributed by atoms with Crippen LogP contribution in [0.1, 0.15) is 17.7 Å². The molecule has 0 aliphatic carbocycles. The van der Waals surface area contributed by atoms with Gasteiger partial charge in [0.05, 0.1) is 6.54 Å². The molecule has 0 unspecified atom stereocenters. The molecule has 0 saturated heterocycles. The fourth-order valence-corrected chi connectivity index (χ4v) is 2.52. The second kappa shape index (κ2) is 4.33. The zero-order valence-corrected chi connectivity index (χ0v) is 10.5. The first-order valence-corrected chi connectivity index (χ1v) is 6.21. The Morgan fingerprint density at radius 2 is 2.28 bits per heavy atom. The highest BCUT2D eigenvalue weighted by atomic mass is 15.4. The van der Waals surface area contributed by atoms with Crippen molar-refractivity contribution in [2.24, 2.45) is 7.05 Å². The van der Waals surface area contributed by atoms with Crippen LogP contribution in [0.2, 0.25) is 0 Å². The molecule has 1 aliphatic heterocycles. The van der Waals surface area contributed by atoms with Gasteiger partial charge in [-0.25, -0.2) is 0 Å². The van der Waals surface area contributed by atoms with Gasteiger partial charge in [-0.15, -0.1) is 5.10 Å². The van der Waals surface area contributed by atoms with E-state index < -0.39 is 0 Å². The minimum absolute atomic E-state index is 0.810. The van der Waals surface area contributed by atoms with Crippen molar-refractivity contribution in [3.05, 3.63) is 35.7 Å². The Balaban J connectivity index is 1.87. The predicted octanol–water partition coefficient (Wildman–Crippen LogP) is 1.35. The molecule has 3 rings (SSSR count). The number of hydrogen-bond donors (Lipinski definition) is 1. The van der Waals surface area contributed by atoms with Crippen molar-refractivity contribution in [1.29, 1.82) is 0 Å². The number of nitrogens with zero attached hydrogens (tertiary/aromatic N) is 4. The molecule has 0 amide bonds. The van der Waals surface area contributed by atoms with E-state index in [4.69, 9.17) is 5.73 Å². The lowest BCUT2D eigenvalue weighted by Crippen LogP contribution is -2.29. The Labute approximate surface area is 106 Å². The van der Waals surface area contributed by atoms with E-state index >= 15 is 0 Å². The van der Waals surface area contributed by atoms with E-state index in [0.717, 1.165) is 37.3 Å². The molecular formula is C13H17N5. The molecule has 94 valence electrons. The van der Waals surface area contributed by atoms with Crippen molar-refractivity contribution in [3.63, 3.8) is 0 Å². The zero-order chi connectivity index (χ0) is 12.5. The van der Waals surface area contributed by atoms with Crippen molar-refractivity contribution in [1.82, 2.24) is 15.0 Å². The second-order valence-corrected chi connectivity index (χ2v) is 4.80.